The molecular formula is C25H18Cl2F3N3O4. The van der Waals surface area contributed by atoms with Crippen molar-refractivity contribution in [1.29, 1.82) is 0 Å². The first-order valence-electron chi connectivity index (χ1n) is 10.8. The average Bonchev–Trinajstić information content (AvgIpc) is 2.88. The number of nitrogens with zero attached hydrogens (tertiary/aromatic N) is 3. The minimum atomic E-state index is -1.47. The van der Waals surface area contributed by atoms with Crippen molar-refractivity contribution in [3.05, 3.63) is 97.5 Å². The van der Waals surface area contributed by atoms with E-state index < -0.39 is 56.2 Å². The summed E-state index contributed by atoms with van der Waals surface area (Å²) in [4.78, 5) is 35.1. The molecule has 2 aromatic carbocycles. The fourth-order valence-corrected chi connectivity index (χ4v) is 4.19. The van der Waals surface area contributed by atoms with E-state index in [1.54, 1.807) is 0 Å². The lowest BCUT2D eigenvalue weighted by molar-refractivity contribution is 0.0524. The van der Waals surface area contributed by atoms with Gasteiger partial charge < -0.3 is 4.74 Å². The first-order valence-corrected chi connectivity index (χ1v) is 11.5. The molecule has 0 N–H and O–H groups in total. The Morgan fingerprint density at radius 3 is 2.46 bits per heavy atom. The minimum absolute atomic E-state index is 0.0346. The van der Waals surface area contributed by atoms with Crippen LogP contribution >= 0.6 is 23.2 Å². The van der Waals surface area contributed by atoms with Crippen molar-refractivity contribution in [3.8, 4) is 5.82 Å². The highest BCUT2D eigenvalue weighted by molar-refractivity contribution is 6.35. The number of rotatable bonds is 7. The highest BCUT2D eigenvalue weighted by atomic mass is 35.5. The summed E-state index contributed by atoms with van der Waals surface area (Å²) in [5, 5.41) is -0.147. The van der Waals surface area contributed by atoms with Crippen LogP contribution in [0.25, 0.3) is 16.7 Å². The minimum Gasteiger partial charge on any atom is -0.462 e. The SMILES string of the molecule is CCOC(=O)c1cn(-c2nc(N(Cc3ccccc3)OC)c(Cl)cc2F)c2c(Cl)c(F)c(F)cc2c1=O. The summed E-state index contributed by atoms with van der Waals surface area (Å²) < 4.78 is 49.7. The summed E-state index contributed by atoms with van der Waals surface area (Å²) >= 11 is 12.3. The molecule has 0 spiro atoms. The number of hydroxylamine groups is 1. The Kier molecular flexibility index (Phi) is 7.72. The molecule has 2 aromatic heterocycles. The van der Waals surface area contributed by atoms with E-state index in [4.69, 9.17) is 32.8 Å². The quantitative estimate of drug-likeness (QED) is 0.163. The Morgan fingerprint density at radius 2 is 1.81 bits per heavy atom. The van der Waals surface area contributed by atoms with E-state index in [1.807, 2.05) is 30.3 Å². The number of anilines is 1. The number of carbonyl (C=O) groups is 1. The third-order valence-corrected chi connectivity index (χ3v) is 5.99. The average molecular weight is 552 g/mol. The highest BCUT2D eigenvalue weighted by Crippen LogP contribution is 2.33. The third kappa shape index (κ3) is 5.00. The van der Waals surface area contributed by atoms with Gasteiger partial charge in [0.05, 0.1) is 36.2 Å². The molecule has 0 saturated carbocycles. The molecule has 4 rings (SSSR count). The van der Waals surface area contributed by atoms with Crippen molar-refractivity contribution in [1.82, 2.24) is 9.55 Å². The molecule has 0 aliphatic carbocycles. The van der Waals surface area contributed by atoms with Gasteiger partial charge in [0.15, 0.2) is 29.1 Å². The predicted octanol–water partition coefficient (Wildman–Crippen LogP) is 5.85. The normalized spacial score (nSPS) is 11.1. The molecule has 0 aliphatic heterocycles. The van der Waals surface area contributed by atoms with Crippen LogP contribution < -0.4 is 10.5 Å². The van der Waals surface area contributed by atoms with Crippen LogP contribution in [0.2, 0.25) is 10.0 Å². The number of benzene rings is 2. The molecule has 2 heterocycles. The van der Waals surface area contributed by atoms with Gasteiger partial charge in [0.25, 0.3) is 0 Å². The number of halogens is 5. The lowest BCUT2D eigenvalue weighted by Crippen LogP contribution is -2.24. The van der Waals surface area contributed by atoms with E-state index in [-0.39, 0.29) is 24.0 Å². The highest BCUT2D eigenvalue weighted by Gasteiger charge is 2.26. The number of ether oxygens (including phenoxy) is 1. The van der Waals surface area contributed by atoms with Crippen LogP contribution in [0.5, 0.6) is 0 Å². The molecule has 0 bridgehead atoms. The van der Waals surface area contributed by atoms with Gasteiger partial charge in [-0.15, -0.1) is 0 Å². The predicted molar refractivity (Wildman–Crippen MR) is 133 cm³/mol. The second kappa shape index (κ2) is 10.8. The zero-order chi connectivity index (χ0) is 26.9. The van der Waals surface area contributed by atoms with Crippen LogP contribution in [0.4, 0.5) is 19.0 Å². The molecule has 192 valence electrons. The maximum absolute atomic E-state index is 15.3. The largest absolute Gasteiger partial charge is 0.462 e. The van der Waals surface area contributed by atoms with E-state index >= 15 is 4.39 Å². The zero-order valence-corrected chi connectivity index (χ0v) is 20.9. The molecule has 0 amide bonds. The van der Waals surface area contributed by atoms with Gasteiger partial charge in [-0.05, 0) is 18.6 Å². The molecule has 12 heteroatoms. The molecule has 0 unspecified atom stereocenters. The van der Waals surface area contributed by atoms with Crippen LogP contribution in [0.3, 0.4) is 0 Å². The molecule has 4 aromatic rings. The Balaban J connectivity index is 2.01. The fraction of sp³-hybridized carbons (Fsp3) is 0.160. The van der Waals surface area contributed by atoms with Crippen LogP contribution in [0.1, 0.15) is 22.8 Å². The molecule has 0 radical (unpaired) electrons. The van der Waals surface area contributed by atoms with Gasteiger partial charge in [0.2, 0.25) is 5.43 Å². The van der Waals surface area contributed by atoms with Gasteiger partial charge in [-0.25, -0.2) is 28.0 Å². The number of pyridine rings is 2. The molecule has 0 atom stereocenters. The first kappa shape index (κ1) is 26.5. The van der Waals surface area contributed by atoms with Crippen LogP contribution in [-0.4, -0.2) is 29.2 Å². The Morgan fingerprint density at radius 1 is 1.11 bits per heavy atom. The summed E-state index contributed by atoms with van der Waals surface area (Å²) in [6.45, 7) is 1.60. The number of aromatic nitrogens is 2. The van der Waals surface area contributed by atoms with Gasteiger partial charge in [-0.2, -0.15) is 0 Å². The molecule has 0 saturated heterocycles. The lowest BCUT2D eigenvalue weighted by atomic mass is 10.1. The number of fused-ring (bicyclic) bond motifs is 1. The van der Waals surface area contributed by atoms with E-state index in [1.165, 1.54) is 19.1 Å². The van der Waals surface area contributed by atoms with Crippen molar-refractivity contribution in [2.75, 3.05) is 18.8 Å². The second-order valence-corrected chi connectivity index (χ2v) is 8.43. The van der Waals surface area contributed by atoms with E-state index in [9.17, 15) is 18.4 Å². The second-order valence-electron chi connectivity index (χ2n) is 7.65. The van der Waals surface area contributed by atoms with Gasteiger partial charge in [0.1, 0.15) is 10.6 Å². The van der Waals surface area contributed by atoms with E-state index in [2.05, 4.69) is 4.98 Å². The maximum Gasteiger partial charge on any atom is 0.343 e. The van der Waals surface area contributed by atoms with E-state index in [0.717, 1.165) is 22.4 Å². The van der Waals surface area contributed by atoms with E-state index in [0.29, 0.717) is 6.07 Å². The molecule has 0 aliphatic rings. The maximum atomic E-state index is 15.3. The molecule has 37 heavy (non-hydrogen) atoms. The smallest absolute Gasteiger partial charge is 0.343 e. The van der Waals surface area contributed by atoms with Crippen LogP contribution in [-0.2, 0) is 16.1 Å². The summed E-state index contributed by atoms with van der Waals surface area (Å²) in [5.41, 5.74) is -1.15. The zero-order valence-electron chi connectivity index (χ0n) is 19.4. The number of hydrogen-bond donors (Lipinski definition) is 0. The van der Waals surface area contributed by atoms with Crippen molar-refractivity contribution < 1.29 is 27.5 Å². The topological polar surface area (TPSA) is 73.7 Å². The summed E-state index contributed by atoms with van der Waals surface area (Å²) in [7, 11) is 1.35. The number of hydrogen-bond acceptors (Lipinski definition) is 6. The lowest BCUT2D eigenvalue weighted by Gasteiger charge is -2.23. The van der Waals surface area contributed by atoms with Crippen molar-refractivity contribution in [3.63, 3.8) is 0 Å². The Bertz CT molecular complexity index is 1570. The monoisotopic (exact) mass is 551 g/mol. The summed E-state index contributed by atoms with van der Waals surface area (Å²) in [6, 6.07) is 10.6. The van der Waals surface area contributed by atoms with Crippen LogP contribution in [0, 0.1) is 17.5 Å². The van der Waals surface area contributed by atoms with Gasteiger partial charge in [0, 0.05) is 12.3 Å². The Hall–Kier alpha value is -3.60. The molecule has 0 fully saturated rings. The summed E-state index contributed by atoms with van der Waals surface area (Å²) in [6.07, 6.45) is 0.906. The van der Waals surface area contributed by atoms with Gasteiger partial charge in [-0.1, -0.05) is 53.5 Å². The summed E-state index contributed by atoms with van der Waals surface area (Å²) in [5.74, 6) is -5.51. The van der Waals surface area contributed by atoms with Crippen molar-refractivity contribution >= 4 is 45.9 Å². The van der Waals surface area contributed by atoms with Gasteiger partial charge >= 0.3 is 5.97 Å². The first-order chi connectivity index (χ1) is 17.7. The molecule has 7 nitrogen and oxygen atoms in total. The Labute approximate surface area is 218 Å². The van der Waals surface area contributed by atoms with Crippen molar-refractivity contribution in [2.45, 2.75) is 13.5 Å². The fourth-order valence-electron chi connectivity index (χ4n) is 3.68. The van der Waals surface area contributed by atoms with Crippen molar-refractivity contribution in [2.24, 2.45) is 0 Å². The third-order valence-electron chi connectivity index (χ3n) is 5.37. The number of esters is 1. The molecular weight excluding hydrogens is 534 g/mol. The van der Waals surface area contributed by atoms with Crippen LogP contribution in [0.15, 0.2) is 53.5 Å². The van der Waals surface area contributed by atoms with Gasteiger partial charge in [-0.3, -0.25) is 14.2 Å². The standard InChI is InChI=1S/C25H18Cl2F3N3O4/c1-3-37-25(35)15-12-32(21-14(22(15)34)9-17(28)20(30)19(21)27)24-18(29)10-16(26)23(31-24)33(36-2)11-13-7-5-4-6-8-13/h4-10,12H,3,11H2,1-2H3. The number of carbonyl (C=O) groups excluding carboxylic acids is 1.